The Morgan fingerprint density at radius 3 is 2.62 bits per heavy atom. The monoisotopic (exact) mass is 392 g/mol. The molecule has 0 bridgehead atoms. The predicted molar refractivity (Wildman–Crippen MR) is 112 cm³/mol. The van der Waals surface area contributed by atoms with Gasteiger partial charge in [0.1, 0.15) is 0 Å². The third-order valence-electron chi connectivity index (χ3n) is 6.43. The quantitative estimate of drug-likeness (QED) is 0.687. The van der Waals surface area contributed by atoms with Crippen LogP contribution in [0.25, 0.3) is 0 Å². The average molecular weight is 393 g/mol. The van der Waals surface area contributed by atoms with Crippen LogP contribution in [0.15, 0.2) is 53.1 Å². The van der Waals surface area contributed by atoms with Gasteiger partial charge in [-0.25, -0.2) is 0 Å². The lowest BCUT2D eigenvalue weighted by Gasteiger charge is -2.48. The van der Waals surface area contributed by atoms with Crippen LogP contribution in [-0.2, 0) is 6.54 Å². The lowest BCUT2D eigenvalue weighted by atomic mass is 9.59. The Morgan fingerprint density at radius 2 is 2.00 bits per heavy atom. The van der Waals surface area contributed by atoms with E-state index in [0.29, 0.717) is 12.3 Å². The van der Waals surface area contributed by atoms with Gasteiger partial charge >= 0.3 is 0 Å². The van der Waals surface area contributed by atoms with E-state index in [1.165, 1.54) is 11.1 Å². The summed E-state index contributed by atoms with van der Waals surface area (Å²) in [6, 6.07) is 10.7. The van der Waals surface area contributed by atoms with E-state index in [2.05, 4.69) is 68.2 Å². The van der Waals surface area contributed by atoms with Crippen molar-refractivity contribution in [2.45, 2.75) is 51.1 Å². The fraction of sp³-hybridized carbons (Fsp3) is 0.545. The van der Waals surface area contributed by atoms with Crippen molar-refractivity contribution in [2.75, 3.05) is 13.1 Å². The SMILES string of the molecule is CCC(C)(N)C1(C2=CC(Cl)CC(Cl)=C2)CN(Cc2ccccc2)CC1C. The highest BCUT2D eigenvalue weighted by atomic mass is 35.5. The molecular formula is C22H30Cl2N2. The fourth-order valence-corrected chi connectivity index (χ4v) is 5.50. The standard InChI is InChI=1S/C22H30Cl2N2/c1-4-21(3,25)22(18-10-19(23)12-20(24)11-18)15-26(13-16(22)2)14-17-8-6-5-7-9-17/h5-11,16,19H,4,12-15,25H2,1-3H3. The smallest absolute Gasteiger partial charge is 0.0570 e. The molecule has 142 valence electrons. The van der Waals surface area contributed by atoms with Gasteiger partial charge in [0.2, 0.25) is 0 Å². The first-order valence-electron chi connectivity index (χ1n) is 9.56. The van der Waals surface area contributed by atoms with Gasteiger partial charge in [0.05, 0.1) is 5.38 Å². The molecule has 26 heavy (non-hydrogen) atoms. The van der Waals surface area contributed by atoms with Crippen molar-refractivity contribution in [3.63, 3.8) is 0 Å². The van der Waals surface area contributed by atoms with Gasteiger partial charge in [0.15, 0.2) is 0 Å². The van der Waals surface area contributed by atoms with Crippen molar-refractivity contribution in [3.8, 4) is 0 Å². The molecule has 1 aliphatic heterocycles. The second-order valence-electron chi connectivity index (χ2n) is 8.23. The van der Waals surface area contributed by atoms with Crippen molar-refractivity contribution < 1.29 is 0 Å². The zero-order valence-corrected chi connectivity index (χ0v) is 17.5. The van der Waals surface area contributed by atoms with Crippen LogP contribution in [0, 0.1) is 11.3 Å². The lowest BCUT2D eigenvalue weighted by Crippen LogP contribution is -2.57. The predicted octanol–water partition coefficient (Wildman–Crippen LogP) is 5.31. The summed E-state index contributed by atoms with van der Waals surface area (Å²) in [6.45, 7) is 9.60. The molecule has 0 amide bonds. The Hall–Kier alpha value is -0.800. The lowest BCUT2D eigenvalue weighted by molar-refractivity contribution is 0.140. The summed E-state index contributed by atoms with van der Waals surface area (Å²) in [6.07, 6.45) is 5.94. The summed E-state index contributed by atoms with van der Waals surface area (Å²) in [7, 11) is 0. The van der Waals surface area contributed by atoms with Crippen molar-refractivity contribution in [1.82, 2.24) is 4.90 Å². The first-order valence-corrected chi connectivity index (χ1v) is 10.4. The fourth-order valence-electron chi connectivity index (χ4n) is 4.84. The first kappa shape index (κ1) is 19.9. The number of hydrogen-bond acceptors (Lipinski definition) is 2. The van der Waals surface area contributed by atoms with Gasteiger partial charge in [0.25, 0.3) is 0 Å². The maximum atomic E-state index is 6.94. The number of nitrogens with two attached hydrogens (primary N) is 1. The van der Waals surface area contributed by atoms with E-state index in [1.54, 1.807) is 0 Å². The third kappa shape index (κ3) is 3.62. The molecule has 4 unspecified atom stereocenters. The molecule has 2 nitrogen and oxygen atoms in total. The van der Waals surface area contributed by atoms with Crippen molar-refractivity contribution in [1.29, 1.82) is 0 Å². The Bertz CT molecular complexity index is 695. The zero-order chi connectivity index (χ0) is 18.9. The van der Waals surface area contributed by atoms with Gasteiger partial charge in [-0.2, -0.15) is 0 Å². The van der Waals surface area contributed by atoms with Gasteiger partial charge in [-0.1, -0.05) is 61.9 Å². The molecule has 0 spiro atoms. The number of hydrogen-bond donors (Lipinski definition) is 1. The molecular weight excluding hydrogens is 363 g/mol. The van der Waals surface area contributed by atoms with Crippen LogP contribution >= 0.6 is 23.2 Å². The molecule has 4 heteroatoms. The second kappa shape index (κ2) is 7.67. The molecule has 0 aromatic heterocycles. The van der Waals surface area contributed by atoms with Gasteiger partial charge in [-0.05, 0) is 36.5 Å². The molecule has 0 saturated carbocycles. The minimum absolute atomic E-state index is 0.0533. The molecule has 1 saturated heterocycles. The summed E-state index contributed by atoms with van der Waals surface area (Å²) < 4.78 is 0. The van der Waals surface area contributed by atoms with Crippen LogP contribution in [0.2, 0.25) is 0 Å². The second-order valence-corrected chi connectivity index (χ2v) is 9.28. The highest BCUT2D eigenvalue weighted by Gasteiger charge is 2.55. The Kier molecular flexibility index (Phi) is 5.89. The van der Waals surface area contributed by atoms with E-state index in [-0.39, 0.29) is 16.3 Å². The molecule has 3 rings (SSSR count). The molecule has 1 aromatic carbocycles. The van der Waals surface area contributed by atoms with Crippen molar-refractivity contribution >= 4 is 23.2 Å². The minimum Gasteiger partial charge on any atom is -0.324 e. The third-order valence-corrected chi connectivity index (χ3v) is 6.97. The Morgan fingerprint density at radius 1 is 1.31 bits per heavy atom. The molecule has 4 atom stereocenters. The molecule has 2 aliphatic rings. The van der Waals surface area contributed by atoms with E-state index in [9.17, 15) is 0 Å². The summed E-state index contributed by atoms with van der Waals surface area (Å²) in [5.41, 5.74) is 9.03. The number of rotatable bonds is 5. The van der Waals surface area contributed by atoms with Gasteiger partial charge in [-0.3, -0.25) is 4.90 Å². The van der Waals surface area contributed by atoms with Crippen LogP contribution in [0.3, 0.4) is 0 Å². The van der Waals surface area contributed by atoms with E-state index < -0.39 is 0 Å². The molecule has 0 radical (unpaired) electrons. The Balaban J connectivity index is 1.97. The maximum Gasteiger partial charge on any atom is 0.0570 e. The van der Waals surface area contributed by atoms with Gasteiger partial charge in [0, 0.05) is 42.0 Å². The van der Waals surface area contributed by atoms with Crippen LogP contribution < -0.4 is 5.73 Å². The van der Waals surface area contributed by atoms with E-state index in [4.69, 9.17) is 28.9 Å². The Labute approximate surface area is 168 Å². The van der Waals surface area contributed by atoms with Crippen molar-refractivity contribution in [2.24, 2.45) is 17.1 Å². The summed E-state index contributed by atoms with van der Waals surface area (Å²) >= 11 is 12.9. The minimum atomic E-state index is -0.328. The maximum absolute atomic E-state index is 6.94. The number of nitrogens with zero attached hydrogens (tertiary/aromatic N) is 1. The van der Waals surface area contributed by atoms with Gasteiger partial charge < -0.3 is 5.73 Å². The summed E-state index contributed by atoms with van der Waals surface area (Å²) in [4.78, 5) is 2.53. The first-order chi connectivity index (χ1) is 12.3. The van der Waals surface area contributed by atoms with Crippen molar-refractivity contribution in [3.05, 3.63) is 58.7 Å². The van der Waals surface area contributed by atoms with E-state index >= 15 is 0 Å². The van der Waals surface area contributed by atoms with Crippen LogP contribution in [0.1, 0.15) is 39.2 Å². The summed E-state index contributed by atoms with van der Waals surface area (Å²) in [5.74, 6) is 0.426. The number of halogens is 2. The highest BCUT2D eigenvalue weighted by Crippen LogP contribution is 2.52. The van der Waals surface area contributed by atoms with E-state index in [1.807, 2.05) is 0 Å². The molecule has 1 aliphatic carbocycles. The topological polar surface area (TPSA) is 29.3 Å². The molecule has 1 heterocycles. The molecule has 1 aromatic rings. The number of likely N-dealkylation sites (tertiary alicyclic amines) is 1. The normalized spacial score (nSPS) is 32.1. The number of alkyl halides is 1. The largest absolute Gasteiger partial charge is 0.324 e. The van der Waals surface area contributed by atoms with Crippen LogP contribution in [0.4, 0.5) is 0 Å². The van der Waals surface area contributed by atoms with Crippen LogP contribution in [-0.4, -0.2) is 28.9 Å². The summed E-state index contributed by atoms with van der Waals surface area (Å²) in [5, 5.41) is 0.782. The van der Waals surface area contributed by atoms with Crippen LogP contribution in [0.5, 0.6) is 0 Å². The number of allylic oxidation sites excluding steroid dienone is 3. The van der Waals surface area contributed by atoms with E-state index in [0.717, 1.165) is 31.1 Å². The highest BCUT2D eigenvalue weighted by molar-refractivity contribution is 6.31. The molecule has 2 N–H and O–H groups in total. The average Bonchev–Trinajstić information content (AvgIpc) is 2.92. The zero-order valence-electron chi connectivity index (χ0n) is 16.0. The molecule has 1 fully saturated rings. The van der Waals surface area contributed by atoms with Gasteiger partial charge in [-0.15, -0.1) is 11.6 Å². The number of benzene rings is 1.